The second-order valence-electron chi connectivity index (χ2n) is 1.27. The van der Waals surface area contributed by atoms with Gasteiger partial charge in [-0.05, 0) is 6.92 Å². The van der Waals surface area contributed by atoms with Gasteiger partial charge in [-0.25, -0.2) is 0 Å². The SMILES string of the molecule is CCOC[CH]C(N)=O. The average molecular weight is 116 g/mol. The van der Waals surface area contributed by atoms with E-state index in [9.17, 15) is 4.79 Å². The van der Waals surface area contributed by atoms with Crippen molar-refractivity contribution in [3.05, 3.63) is 6.42 Å². The molecule has 1 radical (unpaired) electrons. The van der Waals surface area contributed by atoms with Gasteiger partial charge in [-0.1, -0.05) is 0 Å². The zero-order chi connectivity index (χ0) is 6.41. The summed E-state index contributed by atoms with van der Waals surface area (Å²) >= 11 is 0. The molecular formula is C5H10NO2. The monoisotopic (exact) mass is 116 g/mol. The summed E-state index contributed by atoms with van der Waals surface area (Å²) in [5, 5.41) is 0. The standard InChI is InChI=1S/C5H10NO2/c1-2-8-4-3-5(6)7/h3H,2,4H2,1H3,(H2,6,7). The largest absolute Gasteiger partial charge is 0.381 e. The molecule has 0 atom stereocenters. The van der Waals surface area contributed by atoms with Crippen LogP contribution in [0.1, 0.15) is 6.92 Å². The van der Waals surface area contributed by atoms with Crippen molar-refractivity contribution >= 4 is 5.91 Å². The molecule has 3 nitrogen and oxygen atoms in total. The number of ether oxygens (including phenoxy) is 1. The minimum absolute atomic E-state index is 0.325. The lowest BCUT2D eigenvalue weighted by atomic mass is 10.4. The third kappa shape index (κ3) is 5.43. The van der Waals surface area contributed by atoms with E-state index in [1.54, 1.807) is 0 Å². The Labute approximate surface area is 48.8 Å². The first-order valence-corrected chi connectivity index (χ1v) is 2.47. The topological polar surface area (TPSA) is 52.3 Å². The maximum absolute atomic E-state index is 9.96. The lowest BCUT2D eigenvalue weighted by Crippen LogP contribution is -2.14. The van der Waals surface area contributed by atoms with Crippen LogP contribution in [0.3, 0.4) is 0 Å². The Hall–Kier alpha value is -0.570. The van der Waals surface area contributed by atoms with Crippen molar-refractivity contribution in [2.75, 3.05) is 13.2 Å². The van der Waals surface area contributed by atoms with Gasteiger partial charge in [-0.3, -0.25) is 4.79 Å². The van der Waals surface area contributed by atoms with Crippen LogP contribution in [0.4, 0.5) is 0 Å². The summed E-state index contributed by atoms with van der Waals surface area (Å²) in [6.45, 7) is 2.80. The first-order chi connectivity index (χ1) is 3.77. The van der Waals surface area contributed by atoms with Crippen LogP contribution < -0.4 is 5.73 Å². The van der Waals surface area contributed by atoms with E-state index in [1.165, 1.54) is 6.42 Å². The first-order valence-electron chi connectivity index (χ1n) is 2.47. The minimum Gasteiger partial charge on any atom is -0.381 e. The predicted octanol–water partition coefficient (Wildman–Crippen LogP) is -0.288. The van der Waals surface area contributed by atoms with Crippen molar-refractivity contribution in [2.24, 2.45) is 5.73 Å². The van der Waals surface area contributed by atoms with E-state index in [0.29, 0.717) is 13.2 Å². The highest BCUT2D eigenvalue weighted by molar-refractivity contribution is 5.82. The normalized spacial score (nSPS) is 9.12. The summed E-state index contributed by atoms with van der Waals surface area (Å²) in [5.74, 6) is -0.432. The summed E-state index contributed by atoms with van der Waals surface area (Å²) in [6, 6.07) is 0. The van der Waals surface area contributed by atoms with Gasteiger partial charge in [0, 0.05) is 6.61 Å². The second-order valence-corrected chi connectivity index (χ2v) is 1.27. The maximum atomic E-state index is 9.96. The van der Waals surface area contributed by atoms with Gasteiger partial charge in [0.05, 0.1) is 13.0 Å². The van der Waals surface area contributed by atoms with Gasteiger partial charge >= 0.3 is 0 Å². The fourth-order valence-electron chi connectivity index (χ4n) is 0.259. The number of hydrogen-bond acceptors (Lipinski definition) is 2. The van der Waals surface area contributed by atoms with E-state index >= 15 is 0 Å². The van der Waals surface area contributed by atoms with E-state index < -0.39 is 5.91 Å². The molecule has 0 heterocycles. The zero-order valence-corrected chi connectivity index (χ0v) is 4.89. The Bertz CT molecular complexity index is 72.8. The third-order valence-corrected chi connectivity index (χ3v) is 0.606. The fourth-order valence-corrected chi connectivity index (χ4v) is 0.259. The van der Waals surface area contributed by atoms with Crippen molar-refractivity contribution in [3.8, 4) is 0 Å². The lowest BCUT2D eigenvalue weighted by Gasteiger charge is -1.93. The van der Waals surface area contributed by atoms with Crippen molar-refractivity contribution in [3.63, 3.8) is 0 Å². The predicted molar refractivity (Wildman–Crippen MR) is 30.0 cm³/mol. The number of hydrogen-bond donors (Lipinski definition) is 1. The molecular weight excluding hydrogens is 106 g/mol. The molecule has 2 N–H and O–H groups in total. The van der Waals surface area contributed by atoms with Gasteiger partial charge in [0.15, 0.2) is 0 Å². The number of carbonyl (C=O) groups is 1. The molecule has 47 valence electrons. The molecule has 0 fully saturated rings. The molecule has 0 spiro atoms. The van der Waals surface area contributed by atoms with Crippen LogP contribution in [0, 0.1) is 6.42 Å². The van der Waals surface area contributed by atoms with Crippen molar-refractivity contribution < 1.29 is 9.53 Å². The Morgan fingerprint density at radius 1 is 1.88 bits per heavy atom. The van der Waals surface area contributed by atoms with Gasteiger partial charge < -0.3 is 10.5 Å². The van der Waals surface area contributed by atoms with Crippen LogP contribution in [0.15, 0.2) is 0 Å². The summed E-state index contributed by atoms with van der Waals surface area (Å²) in [5.41, 5.74) is 4.76. The lowest BCUT2D eigenvalue weighted by molar-refractivity contribution is -0.115. The zero-order valence-electron chi connectivity index (χ0n) is 4.89. The molecule has 0 saturated carbocycles. The molecule has 3 heteroatoms. The van der Waals surface area contributed by atoms with Gasteiger partial charge in [-0.15, -0.1) is 0 Å². The van der Waals surface area contributed by atoms with Gasteiger partial charge in [0.2, 0.25) is 5.91 Å². The van der Waals surface area contributed by atoms with Gasteiger partial charge in [0.25, 0.3) is 0 Å². The van der Waals surface area contributed by atoms with Crippen LogP contribution in [-0.2, 0) is 9.53 Å². The summed E-state index contributed by atoms with van der Waals surface area (Å²) in [6.07, 6.45) is 1.30. The maximum Gasteiger partial charge on any atom is 0.223 e. The van der Waals surface area contributed by atoms with E-state index in [1.807, 2.05) is 6.92 Å². The minimum atomic E-state index is -0.432. The molecule has 0 aromatic carbocycles. The highest BCUT2D eigenvalue weighted by Crippen LogP contribution is 1.76. The highest BCUT2D eigenvalue weighted by Gasteiger charge is 1.91. The number of rotatable bonds is 4. The Morgan fingerprint density at radius 3 is 2.88 bits per heavy atom. The summed E-state index contributed by atoms with van der Waals surface area (Å²) in [7, 11) is 0. The quantitative estimate of drug-likeness (QED) is 0.513. The van der Waals surface area contributed by atoms with Crippen LogP contribution in [0.5, 0.6) is 0 Å². The number of carbonyl (C=O) groups excluding carboxylic acids is 1. The van der Waals surface area contributed by atoms with E-state index in [4.69, 9.17) is 10.5 Å². The number of amides is 1. The third-order valence-electron chi connectivity index (χ3n) is 0.606. The molecule has 0 bridgehead atoms. The van der Waals surface area contributed by atoms with E-state index in [2.05, 4.69) is 0 Å². The Kier molecular flexibility index (Phi) is 4.26. The van der Waals surface area contributed by atoms with Crippen LogP contribution >= 0.6 is 0 Å². The molecule has 0 aromatic rings. The van der Waals surface area contributed by atoms with Crippen LogP contribution in [0.25, 0.3) is 0 Å². The highest BCUT2D eigenvalue weighted by atomic mass is 16.5. The Morgan fingerprint density at radius 2 is 2.50 bits per heavy atom. The molecule has 0 aliphatic heterocycles. The number of primary amides is 1. The smallest absolute Gasteiger partial charge is 0.223 e. The summed E-state index contributed by atoms with van der Waals surface area (Å²) in [4.78, 5) is 9.96. The fraction of sp³-hybridized carbons (Fsp3) is 0.600. The second kappa shape index (κ2) is 4.59. The van der Waals surface area contributed by atoms with Crippen LogP contribution in [-0.4, -0.2) is 19.1 Å². The average Bonchev–Trinajstić information content (AvgIpc) is 1.66. The van der Waals surface area contributed by atoms with E-state index in [-0.39, 0.29) is 0 Å². The Balaban J connectivity index is 2.82. The molecule has 8 heavy (non-hydrogen) atoms. The molecule has 0 unspecified atom stereocenters. The molecule has 0 aliphatic carbocycles. The molecule has 1 amide bonds. The van der Waals surface area contributed by atoms with Crippen LogP contribution in [0.2, 0.25) is 0 Å². The molecule has 0 aromatic heterocycles. The molecule has 0 saturated heterocycles. The van der Waals surface area contributed by atoms with E-state index in [0.717, 1.165) is 0 Å². The number of nitrogens with two attached hydrogens (primary N) is 1. The van der Waals surface area contributed by atoms with Gasteiger partial charge in [0.1, 0.15) is 0 Å². The van der Waals surface area contributed by atoms with Crippen molar-refractivity contribution in [1.82, 2.24) is 0 Å². The van der Waals surface area contributed by atoms with Crippen molar-refractivity contribution in [1.29, 1.82) is 0 Å². The molecule has 0 aliphatic rings. The van der Waals surface area contributed by atoms with Crippen molar-refractivity contribution in [2.45, 2.75) is 6.92 Å². The summed E-state index contributed by atoms with van der Waals surface area (Å²) < 4.78 is 4.79. The first kappa shape index (κ1) is 7.43. The molecule has 0 rings (SSSR count). The van der Waals surface area contributed by atoms with Gasteiger partial charge in [-0.2, -0.15) is 0 Å².